The maximum Gasteiger partial charge on any atom is 0.243 e. The van der Waals surface area contributed by atoms with Crippen LogP contribution in [0.5, 0.6) is 0 Å². The Morgan fingerprint density at radius 1 is 0.905 bits per heavy atom. The molecule has 0 aliphatic heterocycles. The molecule has 0 aliphatic carbocycles. The molecule has 0 saturated heterocycles. The number of ether oxygens (including phenoxy) is 1. The van der Waals surface area contributed by atoms with Gasteiger partial charge in [-0.15, -0.1) is 0 Å². The molecule has 0 heterocycles. The van der Waals surface area contributed by atoms with Crippen molar-refractivity contribution in [2.75, 3.05) is 26.3 Å². The van der Waals surface area contributed by atoms with E-state index in [1.165, 1.54) is 24.3 Å². The Hall–Kier alpha value is -3.60. The number of rotatable bonds is 17. The Balaban J connectivity index is 1.83. The van der Waals surface area contributed by atoms with Gasteiger partial charge < -0.3 is 15.0 Å². The first-order valence-electron chi connectivity index (χ1n) is 14.3. The second kappa shape index (κ2) is 16.7. The second-order valence-electron chi connectivity index (χ2n) is 9.84. The number of carbonyl (C=O) groups excluding carboxylic acids is 2. The molecule has 0 aliphatic rings. The predicted molar refractivity (Wildman–Crippen MR) is 161 cm³/mol. The standard InChI is InChI=1S/C32H40FN3O5S/c1-3-35-42(39,40)29-18-13-25(14-19-29)15-20-31(37)36(24-27-11-16-28(33)17-12-27)30(23-26-9-6-5-7-10-26)32(38)34-21-8-22-41-4-2/h5-7,9-14,16-19,30,35H,3-4,8,15,20-24H2,1-2H3,(H,34,38)/t30-/m0/s1. The summed E-state index contributed by atoms with van der Waals surface area (Å²) >= 11 is 0. The van der Waals surface area contributed by atoms with Crippen molar-refractivity contribution in [1.82, 2.24) is 14.9 Å². The highest BCUT2D eigenvalue weighted by Crippen LogP contribution is 2.18. The minimum absolute atomic E-state index is 0.101. The van der Waals surface area contributed by atoms with Crippen molar-refractivity contribution >= 4 is 21.8 Å². The maximum atomic E-state index is 13.8. The predicted octanol–water partition coefficient (Wildman–Crippen LogP) is 4.24. The minimum atomic E-state index is -3.58. The van der Waals surface area contributed by atoms with Gasteiger partial charge in [0.15, 0.2) is 0 Å². The van der Waals surface area contributed by atoms with E-state index in [1.54, 1.807) is 36.1 Å². The van der Waals surface area contributed by atoms with Crippen LogP contribution >= 0.6 is 0 Å². The lowest BCUT2D eigenvalue weighted by Crippen LogP contribution is -2.50. The van der Waals surface area contributed by atoms with Crippen molar-refractivity contribution in [2.45, 2.75) is 57.0 Å². The monoisotopic (exact) mass is 597 g/mol. The molecule has 10 heteroatoms. The van der Waals surface area contributed by atoms with Crippen molar-refractivity contribution in [2.24, 2.45) is 0 Å². The van der Waals surface area contributed by atoms with Gasteiger partial charge >= 0.3 is 0 Å². The van der Waals surface area contributed by atoms with Crippen LogP contribution < -0.4 is 10.0 Å². The molecule has 3 aromatic carbocycles. The molecular weight excluding hydrogens is 557 g/mol. The van der Waals surface area contributed by atoms with Crippen LogP contribution in [0.25, 0.3) is 0 Å². The van der Waals surface area contributed by atoms with Gasteiger partial charge in [0.2, 0.25) is 21.8 Å². The number of nitrogens with one attached hydrogen (secondary N) is 2. The number of carbonyl (C=O) groups is 2. The topological polar surface area (TPSA) is 105 Å². The average molecular weight is 598 g/mol. The van der Waals surface area contributed by atoms with E-state index in [1.807, 2.05) is 37.3 Å². The van der Waals surface area contributed by atoms with E-state index in [2.05, 4.69) is 10.0 Å². The lowest BCUT2D eigenvalue weighted by Gasteiger charge is -2.31. The maximum absolute atomic E-state index is 13.8. The van der Waals surface area contributed by atoms with Crippen LogP contribution in [0.2, 0.25) is 0 Å². The van der Waals surface area contributed by atoms with E-state index < -0.39 is 16.1 Å². The quantitative estimate of drug-likeness (QED) is 0.227. The van der Waals surface area contributed by atoms with Crippen LogP contribution in [0.1, 0.15) is 43.4 Å². The number of hydrogen-bond acceptors (Lipinski definition) is 5. The van der Waals surface area contributed by atoms with Crippen LogP contribution in [-0.4, -0.2) is 57.5 Å². The fourth-order valence-electron chi connectivity index (χ4n) is 4.49. The number of benzene rings is 3. The number of hydrogen-bond donors (Lipinski definition) is 2. The lowest BCUT2D eigenvalue weighted by atomic mass is 10.0. The van der Waals surface area contributed by atoms with Crippen molar-refractivity contribution in [1.29, 1.82) is 0 Å². The molecule has 3 aromatic rings. The Bertz CT molecular complexity index is 1370. The Morgan fingerprint density at radius 2 is 1.57 bits per heavy atom. The molecule has 8 nitrogen and oxygen atoms in total. The molecule has 2 amide bonds. The summed E-state index contributed by atoms with van der Waals surface area (Å²) in [6, 6.07) is 21.0. The van der Waals surface area contributed by atoms with Gasteiger partial charge in [-0.25, -0.2) is 17.5 Å². The number of amides is 2. The van der Waals surface area contributed by atoms with E-state index in [9.17, 15) is 22.4 Å². The van der Waals surface area contributed by atoms with Crippen LogP contribution in [0.3, 0.4) is 0 Å². The molecule has 2 N–H and O–H groups in total. The largest absolute Gasteiger partial charge is 0.382 e. The van der Waals surface area contributed by atoms with E-state index in [0.717, 1.165) is 11.1 Å². The molecule has 0 unspecified atom stereocenters. The van der Waals surface area contributed by atoms with Gasteiger partial charge in [0.05, 0.1) is 4.90 Å². The summed E-state index contributed by atoms with van der Waals surface area (Å²) in [5.41, 5.74) is 2.40. The van der Waals surface area contributed by atoms with Crippen LogP contribution in [-0.2, 0) is 43.7 Å². The third-order valence-electron chi connectivity index (χ3n) is 6.70. The smallest absolute Gasteiger partial charge is 0.243 e. The normalized spacial score (nSPS) is 12.1. The number of aryl methyl sites for hydroxylation is 1. The van der Waals surface area contributed by atoms with E-state index >= 15 is 0 Å². The van der Waals surface area contributed by atoms with Crippen molar-refractivity contribution in [3.8, 4) is 0 Å². The molecule has 1 atom stereocenters. The van der Waals surface area contributed by atoms with Crippen LogP contribution in [0.15, 0.2) is 83.8 Å². The van der Waals surface area contributed by atoms with Gasteiger partial charge in [0.25, 0.3) is 0 Å². The van der Waals surface area contributed by atoms with Crippen LogP contribution in [0.4, 0.5) is 4.39 Å². The number of sulfonamides is 1. The first-order valence-corrected chi connectivity index (χ1v) is 15.7. The molecule has 0 bridgehead atoms. The molecule has 3 rings (SSSR count). The molecule has 0 fully saturated rings. The summed E-state index contributed by atoms with van der Waals surface area (Å²) in [5, 5.41) is 2.96. The average Bonchev–Trinajstić information content (AvgIpc) is 2.99. The van der Waals surface area contributed by atoms with Crippen molar-refractivity contribution < 1.29 is 27.1 Å². The number of nitrogens with zero attached hydrogens (tertiary/aromatic N) is 1. The third kappa shape index (κ3) is 10.3. The number of halogens is 1. The van der Waals surface area contributed by atoms with E-state index in [-0.39, 0.29) is 42.0 Å². The molecule has 0 saturated carbocycles. The molecule has 0 spiro atoms. The fourth-order valence-corrected chi connectivity index (χ4v) is 5.53. The summed E-state index contributed by atoms with van der Waals surface area (Å²) in [6.45, 7) is 5.56. The highest BCUT2D eigenvalue weighted by atomic mass is 32.2. The molecular formula is C32H40FN3O5S. The van der Waals surface area contributed by atoms with Crippen LogP contribution in [0, 0.1) is 5.82 Å². The first kappa shape index (κ1) is 32.9. The van der Waals surface area contributed by atoms with Gasteiger partial charge in [0, 0.05) is 45.7 Å². The summed E-state index contributed by atoms with van der Waals surface area (Å²) in [6.07, 6.45) is 1.41. The van der Waals surface area contributed by atoms with Gasteiger partial charge in [-0.2, -0.15) is 0 Å². The van der Waals surface area contributed by atoms with Gasteiger partial charge in [-0.3, -0.25) is 9.59 Å². The Kier molecular flexibility index (Phi) is 13.1. The zero-order chi connectivity index (χ0) is 30.4. The van der Waals surface area contributed by atoms with E-state index in [4.69, 9.17) is 4.74 Å². The molecule has 0 aromatic heterocycles. The summed E-state index contributed by atoms with van der Waals surface area (Å²) in [4.78, 5) is 29.1. The Morgan fingerprint density at radius 3 is 2.21 bits per heavy atom. The van der Waals surface area contributed by atoms with Gasteiger partial charge in [-0.1, -0.05) is 61.5 Å². The minimum Gasteiger partial charge on any atom is -0.382 e. The van der Waals surface area contributed by atoms with E-state index in [0.29, 0.717) is 44.6 Å². The molecule has 226 valence electrons. The highest BCUT2D eigenvalue weighted by molar-refractivity contribution is 7.89. The summed E-state index contributed by atoms with van der Waals surface area (Å²) < 4.78 is 46.0. The van der Waals surface area contributed by atoms with Gasteiger partial charge in [0.1, 0.15) is 11.9 Å². The SMILES string of the molecule is CCNS(=O)(=O)c1ccc(CCC(=O)N(Cc2ccc(F)cc2)[C@@H](Cc2ccccc2)C(=O)NCCCOCC)cc1. The fraction of sp³-hybridized carbons (Fsp3) is 0.375. The van der Waals surface area contributed by atoms with Crippen molar-refractivity contribution in [3.05, 3.63) is 101 Å². The van der Waals surface area contributed by atoms with Gasteiger partial charge in [-0.05, 0) is 60.7 Å². The lowest BCUT2D eigenvalue weighted by molar-refractivity contribution is -0.141. The summed E-state index contributed by atoms with van der Waals surface area (Å²) in [7, 11) is -3.58. The second-order valence-corrected chi connectivity index (χ2v) is 11.6. The zero-order valence-corrected chi connectivity index (χ0v) is 25.0. The highest BCUT2D eigenvalue weighted by Gasteiger charge is 2.30. The zero-order valence-electron chi connectivity index (χ0n) is 24.2. The molecule has 42 heavy (non-hydrogen) atoms. The summed E-state index contributed by atoms with van der Waals surface area (Å²) in [5.74, 6) is -0.901. The Labute approximate surface area is 248 Å². The molecule has 0 radical (unpaired) electrons. The third-order valence-corrected chi connectivity index (χ3v) is 8.26. The first-order chi connectivity index (χ1) is 20.2. The van der Waals surface area contributed by atoms with Crippen molar-refractivity contribution in [3.63, 3.8) is 0 Å².